The molecule has 0 aliphatic rings. The lowest BCUT2D eigenvalue weighted by atomic mass is 10.2. The number of aliphatic hydroxyl groups excluding tert-OH is 1. The predicted molar refractivity (Wildman–Crippen MR) is 109 cm³/mol. The number of carbonyl (C=O) groups excluding carboxylic acids is 1. The Labute approximate surface area is 170 Å². The smallest absolute Gasteiger partial charge is 0.294 e. The lowest BCUT2D eigenvalue weighted by Crippen LogP contribution is -2.18. The SMILES string of the molecule is Cc1[nH]n(CCO)c(=O)c1N=Nc1ccc(C(=O)N/N=C/c2ccc(F)cc2)cc1. The third kappa shape index (κ3) is 5.11. The standard InChI is InChI=1S/C20H19FN6O3/c1-13-18(20(30)27(26-13)10-11-28)24-23-17-8-4-15(5-9-17)19(29)25-22-12-14-2-6-16(21)7-3-14/h2-9,12,26,28H,10-11H2,1H3,(H,25,29)/b22-12+,24-23?. The van der Waals surface area contributed by atoms with Crippen molar-refractivity contribution in [1.29, 1.82) is 0 Å². The molecule has 0 spiro atoms. The normalized spacial score (nSPS) is 11.4. The van der Waals surface area contributed by atoms with Crippen molar-refractivity contribution >= 4 is 23.5 Å². The molecule has 3 aromatic rings. The maximum absolute atomic E-state index is 12.9. The summed E-state index contributed by atoms with van der Waals surface area (Å²) < 4.78 is 14.1. The summed E-state index contributed by atoms with van der Waals surface area (Å²) in [4.78, 5) is 24.3. The maximum atomic E-state index is 12.9. The molecule has 2 aromatic carbocycles. The molecule has 0 saturated carbocycles. The molecule has 9 nitrogen and oxygen atoms in total. The van der Waals surface area contributed by atoms with Gasteiger partial charge >= 0.3 is 0 Å². The van der Waals surface area contributed by atoms with Crippen LogP contribution in [0, 0.1) is 12.7 Å². The number of aliphatic hydroxyl groups is 1. The van der Waals surface area contributed by atoms with Crippen LogP contribution < -0.4 is 11.0 Å². The highest BCUT2D eigenvalue weighted by Crippen LogP contribution is 2.18. The molecular formula is C20H19FN6O3. The number of halogens is 1. The number of H-pyrrole nitrogens is 1. The molecule has 0 saturated heterocycles. The number of nitrogens with one attached hydrogen (secondary N) is 2. The number of aryl methyl sites for hydroxylation is 1. The summed E-state index contributed by atoms with van der Waals surface area (Å²) in [5, 5.41) is 23.6. The predicted octanol–water partition coefficient (Wildman–Crippen LogP) is 2.80. The van der Waals surface area contributed by atoms with E-state index in [4.69, 9.17) is 5.11 Å². The van der Waals surface area contributed by atoms with E-state index in [-0.39, 0.29) is 30.2 Å². The van der Waals surface area contributed by atoms with E-state index in [2.05, 4.69) is 25.9 Å². The van der Waals surface area contributed by atoms with Crippen LogP contribution in [0.25, 0.3) is 0 Å². The van der Waals surface area contributed by atoms with Crippen LogP contribution in [0.1, 0.15) is 21.6 Å². The molecule has 30 heavy (non-hydrogen) atoms. The molecule has 0 unspecified atom stereocenters. The highest BCUT2D eigenvalue weighted by Gasteiger charge is 2.10. The Kier molecular flexibility index (Phi) is 6.60. The molecular weight excluding hydrogens is 391 g/mol. The quantitative estimate of drug-likeness (QED) is 0.315. The van der Waals surface area contributed by atoms with Crippen molar-refractivity contribution in [3.8, 4) is 0 Å². The Morgan fingerprint density at radius 1 is 1.17 bits per heavy atom. The van der Waals surface area contributed by atoms with Crippen LogP contribution in [0.3, 0.4) is 0 Å². The van der Waals surface area contributed by atoms with Gasteiger partial charge in [0.05, 0.1) is 30.7 Å². The van der Waals surface area contributed by atoms with Crippen molar-refractivity contribution in [2.45, 2.75) is 13.5 Å². The van der Waals surface area contributed by atoms with Crippen LogP contribution in [0.2, 0.25) is 0 Å². The number of carbonyl (C=O) groups is 1. The van der Waals surface area contributed by atoms with E-state index in [0.29, 0.717) is 22.5 Å². The fourth-order valence-electron chi connectivity index (χ4n) is 2.54. The molecule has 0 aliphatic carbocycles. The number of nitrogens with zero attached hydrogens (tertiary/aromatic N) is 4. The molecule has 1 aromatic heterocycles. The minimum atomic E-state index is -0.426. The van der Waals surface area contributed by atoms with Gasteiger partial charge in [-0.3, -0.25) is 14.7 Å². The summed E-state index contributed by atoms with van der Waals surface area (Å²) in [6.45, 7) is 1.65. The lowest BCUT2D eigenvalue weighted by molar-refractivity contribution is 0.0955. The number of benzene rings is 2. The first-order valence-corrected chi connectivity index (χ1v) is 8.99. The van der Waals surface area contributed by atoms with Gasteiger partial charge < -0.3 is 5.11 Å². The fraction of sp³-hybridized carbons (Fsp3) is 0.150. The van der Waals surface area contributed by atoms with E-state index < -0.39 is 5.91 Å². The third-order valence-corrected chi connectivity index (χ3v) is 4.07. The molecule has 0 bridgehead atoms. The zero-order valence-electron chi connectivity index (χ0n) is 16.0. The fourth-order valence-corrected chi connectivity index (χ4v) is 2.54. The van der Waals surface area contributed by atoms with Crippen LogP contribution >= 0.6 is 0 Å². The molecule has 10 heteroatoms. The van der Waals surface area contributed by atoms with Crippen LogP contribution in [0.5, 0.6) is 0 Å². The zero-order chi connectivity index (χ0) is 21.5. The average Bonchev–Trinajstić information content (AvgIpc) is 3.01. The Bertz CT molecular complexity index is 1130. The molecule has 0 fully saturated rings. The van der Waals surface area contributed by atoms with Crippen molar-refractivity contribution in [3.63, 3.8) is 0 Å². The van der Waals surface area contributed by atoms with Crippen molar-refractivity contribution in [2.24, 2.45) is 15.3 Å². The maximum Gasteiger partial charge on any atom is 0.294 e. The van der Waals surface area contributed by atoms with Gasteiger partial charge in [-0.05, 0) is 48.9 Å². The van der Waals surface area contributed by atoms with Crippen molar-refractivity contribution < 1.29 is 14.3 Å². The Hall–Kier alpha value is -3.92. The molecule has 154 valence electrons. The Balaban J connectivity index is 1.63. The minimum Gasteiger partial charge on any atom is -0.394 e. The number of hydrogen-bond donors (Lipinski definition) is 3. The molecule has 3 N–H and O–H groups in total. The minimum absolute atomic E-state index is 0.142. The second-order valence-electron chi connectivity index (χ2n) is 6.26. The molecule has 0 radical (unpaired) electrons. The number of azo groups is 1. The topological polar surface area (TPSA) is 124 Å². The van der Waals surface area contributed by atoms with Gasteiger partial charge in [-0.15, -0.1) is 5.11 Å². The Morgan fingerprint density at radius 3 is 2.53 bits per heavy atom. The van der Waals surface area contributed by atoms with E-state index in [9.17, 15) is 14.0 Å². The monoisotopic (exact) mass is 410 g/mol. The van der Waals surface area contributed by atoms with E-state index in [1.807, 2.05) is 0 Å². The van der Waals surface area contributed by atoms with Crippen LogP contribution in [0.4, 0.5) is 15.8 Å². The first-order valence-electron chi connectivity index (χ1n) is 8.99. The van der Waals surface area contributed by atoms with Gasteiger partial charge in [-0.25, -0.2) is 14.5 Å². The molecule has 0 atom stereocenters. The van der Waals surface area contributed by atoms with Crippen LogP contribution in [-0.4, -0.2) is 33.6 Å². The summed E-state index contributed by atoms with van der Waals surface area (Å²) in [6.07, 6.45) is 1.41. The summed E-state index contributed by atoms with van der Waals surface area (Å²) in [5.41, 5.74) is 4.15. The van der Waals surface area contributed by atoms with E-state index in [1.165, 1.54) is 35.2 Å². The van der Waals surface area contributed by atoms with Crippen LogP contribution in [-0.2, 0) is 6.54 Å². The number of amides is 1. The first-order chi connectivity index (χ1) is 14.5. The zero-order valence-corrected chi connectivity index (χ0v) is 16.0. The summed E-state index contributed by atoms with van der Waals surface area (Å²) >= 11 is 0. The van der Waals surface area contributed by atoms with Crippen molar-refractivity contribution in [3.05, 3.63) is 81.5 Å². The van der Waals surface area contributed by atoms with Gasteiger partial charge in [0.1, 0.15) is 5.82 Å². The number of rotatable bonds is 7. The lowest BCUT2D eigenvalue weighted by Gasteiger charge is -2.00. The molecule has 1 heterocycles. The summed E-state index contributed by atoms with van der Waals surface area (Å²) in [7, 11) is 0. The van der Waals surface area contributed by atoms with E-state index in [1.54, 1.807) is 31.2 Å². The van der Waals surface area contributed by atoms with Crippen molar-refractivity contribution in [1.82, 2.24) is 15.2 Å². The van der Waals surface area contributed by atoms with Crippen LogP contribution in [0.15, 0.2) is 68.7 Å². The average molecular weight is 410 g/mol. The molecule has 0 aliphatic heterocycles. The van der Waals surface area contributed by atoms with Crippen molar-refractivity contribution in [2.75, 3.05) is 6.61 Å². The first kappa shape index (κ1) is 20.8. The third-order valence-electron chi connectivity index (χ3n) is 4.07. The van der Waals surface area contributed by atoms with Gasteiger partial charge in [0.25, 0.3) is 11.5 Å². The van der Waals surface area contributed by atoms with Gasteiger partial charge in [0, 0.05) is 5.56 Å². The molecule has 3 rings (SSSR count). The van der Waals surface area contributed by atoms with Gasteiger partial charge in [0.15, 0.2) is 5.69 Å². The number of aromatic nitrogens is 2. The largest absolute Gasteiger partial charge is 0.394 e. The van der Waals surface area contributed by atoms with Gasteiger partial charge in [-0.2, -0.15) is 10.2 Å². The van der Waals surface area contributed by atoms with Gasteiger partial charge in [0.2, 0.25) is 0 Å². The number of aromatic amines is 1. The number of hydrogen-bond acceptors (Lipinski definition) is 6. The van der Waals surface area contributed by atoms with E-state index >= 15 is 0 Å². The highest BCUT2D eigenvalue weighted by atomic mass is 19.1. The van der Waals surface area contributed by atoms with E-state index in [0.717, 1.165) is 0 Å². The summed E-state index contributed by atoms with van der Waals surface area (Å²) in [5.74, 6) is -0.777. The molecule has 1 amide bonds. The number of hydrazone groups is 1. The highest BCUT2D eigenvalue weighted by molar-refractivity contribution is 5.95. The summed E-state index contributed by atoms with van der Waals surface area (Å²) in [6, 6.07) is 11.9. The second-order valence-corrected chi connectivity index (χ2v) is 6.26. The van der Waals surface area contributed by atoms with Gasteiger partial charge in [-0.1, -0.05) is 12.1 Å². The second kappa shape index (κ2) is 9.52. The Morgan fingerprint density at radius 2 is 1.87 bits per heavy atom.